The van der Waals surface area contributed by atoms with Crippen LogP contribution in [0.2, 0.25) is 0 Å². The molecule has 0 amide bonds. The van der Waals surface area contributed by atoms with Crippen molar-refractivity contribution in [1.82, 2.24) is 0 Å². The van der Waals surface area contributed by atoms with E-state index in [1.165, 1.54) is 529 Å². The molecule has 0 aromatic carbocycles. The standard InChI is InChI=1S/C17H36NO.2C16H34NO.C15H32NO.C15H34NO.C14H30NO.C13H28NO.C11H24NO.C10H22NO/c1-4-7-14-18(6-3,13-5-2)15-16-19-17-11-9-8-10-12-17;1-4-12-17(6-3,13-5-2)14-15-18-16-10-8-7-9-11-16;1-4-7-13-17(6-3,12-5-2)14-15-18-16-10-8-9-11-16;1-4-11-16(6-3,12-5-2)13-14-17-15-9-7-8-10-15;1-7-10-12-16(9-3,11-8-2)13-14-17-15(4,5)6;1-4-15(5-2,6-3)12-13-16-14-10-8-7-9-11-14;1-4-14(5-2,6-3)11-12-15-13-9-7-8-10-13;1-12(2,3)9-10-13-11-7-5-4-6-8-11;1-11(2,3)8-9-12-10-6-4-5-7-10/h17H,4-16H2,1-3H3;2*16H,4-15H2,1-3H3;15H,4-14H2,1-3H3;7-14H2,1-6H3;14H,4-13H2,1-3H3;13H,4-12H2,1-3H3;11H,4-10H2,1-3H3;10H,4-9H2,1-3H3/q9*+1. The summed E-state index contributed by atoms with van der Waals surface area (Å²) >= 11 is 0. The summed E-state index contributed by atoms with van der Waals surface area (Å²) in [6.45, 7) is 101. The average molecular weight is 2070 g/mol. The molecule has 0 heterocycles. The highest BCUT2D eigenvalue weighted by molar-refractivity contribution is 4.73. The van der Waals surface area contributed by atoms with Gasteiger partial charge >= 0.3 is 0 Å². The van der Waals surface area contributed by atoms with E-state index in [9.17, 15) is 0 Å². The molecule has 0 saturated heterocycles. The highest BCUT2D eigenvalue weighted by Gasteiger charge is 2.33. The van der Waals surface area contributed by atoms with Crippen molar-refractivity contribution in [2.75, 3.05) is 298 Å². The maximum absolute atomic E-state index is 6.15. The molecule has 18 heteroatoms. The molecule has 18 nitrogen and oxygen atoms in total. The molecule has 3 unspecified atom stereocenters. The Kier molecular flexibility index (Phi) is 88.8. The van der Waals surface area contributed by atoms with Crippen molar-refractivity contribution in [2.45, 2.75) is 535 Å². The fourth-order valence-electron chi connectivity index (χ4n) is 24.3. The molecule has 0 bridgehead atoms. The predicted molar refractivity (Wildman–Crippen MR) is 633 cm³/mol. The second-order valence-corrected chi connectivity index (χ2v) is 49.9. The zero-order chi connectivity index (χ0) is 108. The normalized spacial score (nSPS) is 18.9. The van der Waals surface area contributed by atoms with Crippen LogP contribution in [0.4, 0.5) is 0 Å². The Bertz CT molecular complexity index is 2690. The summed E-state index contributed by atoms with van der Waals surface area (Å²) in [6, 6.07) is 0. The van der Waals surface area contributed by atoms with Crippen LogP contribution in [0.1, 0.15) is 481 Å². The lowest BCUT2D eigenvalue weighted by atomic mass is 9.98. The van der Waals surface area contributed by atoms with Gasteiger partial charge in [0.25, 0.3) is 0 Å². The van der Waals surface area contributed by atoms with E-state index in [0.29, 0.717) is 48.8 Å². The number of hydrogen-bond donors (Lipinski definition) is 0. The molecule has 8 fully saturated rings. The zero-order valence-electron chi connectivity index (χ0n) is 105. The summed E-state index contributed by atoms with van der Waals surface area (Å²) < 4.78 is 64.6. The van der Waals surface area contributed by atoms with Crippen LogP contribution < -0.4 is 0 Å². The monoisotopic (exact) mass is 2070 g/mol. The van der Waals surface area contributed by atoms with Crippen LogP contribution in [0.3, 0.4) is 0 Å². The van der Waals surface area contributed by atoms with Crippen molar-refractivity contribution >= 4 is 0 Å². The first-order chi connectivity index (χ1) is 69.6. The second-order valence-electron chi connectivity index (χ2n) is 49.9. The molecule has 3 atom stereocenters. The van der Waals surface area contributed by atoms with Gasteiger partial charge in [-0.15, -0.1) is 0 Å². The van der Waals surface area contributed by atoms with Crippen molar-refractivity contribution in [3.63, 3.8) is 0 Å². The van der Waals surface area contributed by atoms with Gasteiger partial charge in [-0.3, -0.25) is 0 Å². The van der Waals surface area contributed by atoms with Gasteiger partial charge in [0, 0.05) is 0 Å². The molecule has 8 aliphatic carbocycles. The lowest BCUT2D eigenvalue weighted by Gasteiger charge is -2.38. The summed E-state index contributed by atoms with van der Waals surface area (Å²) in [4.78, 5) is 0. The molecule has 8 rings (SSSR count). The van der Waals surface area contributed by atoms with Gasteiger partial charge in [0.2, 0.25) is 0 Å². The minimum atomic E-state index is 0.000369. The van der Waals surface area contributed by atoms with Gasteiger partial charge in [-0.2, -0.15) is 0 Å². The van der Waals surface area contributed by atoms with Crippen LogP contribution in [0.5, 0.6) is 0 Å². The van der Waals surface area contributed by atoms with Crippen molar-refractivity contribution in [3.05, 3.63) is 0 Å². The average Bonchev–Trinajstić information content (AvgIpc) is 1.85. The first-order valence-electron chi connectivity index (χ1n) is 64.7. The maximum Gasteiger partial charge on any atom is 0.102 e. The Morgan fingerprint density at radius 2 is 0.297 bits per heavy atom. The number of ether oxygens (including phenoxy) is 9. The van der Waals surface area contributed by atoms with Crippen LogP contribution in [0.15, 0.2) is 0 Å². The first-order valence-corrected chi connectivity index (χ1v) is 64.7. The Balaban J connectivity index is 0.00000161. The van der Waals surface area contributed by atoms with E-state index in [1.54, 1.807) is 0 Å². The zero-order valence-corrected chi connectivity index (χ0v) is 105. The highest BCUT2D eigenvalue weighted by atomic mass is 16.5. The van der Waals surface area contributed by atoms with E-state index >= 15 is 0 Å². The molecule has 0 aromatic heterocycles. The third kappa shape index (κ3) is 72.0. The van der Waals surface area contributed by atoms with Gasteiger partial charge < -0.3 is 83.0 Å². The quantitative estimate of drug-likeness (QED) is 0.0553. The minimum absolute atomic E-state index is 0.000369. The van der Waals surface area contributed by atoms with Crippen LogP contribution in [-0.2, 0) is 42.6 Å². The molecule has 872 valence electrons. The second kappa shape index (κ2) is 89.2. The van der Waals surface area contributed by atoms with Gasteiger partial charge in [0.05, 0.1) is 294 Å². The Labute approximate surface area is 910 Å². The largest absolute Gasteiger partial charge is 0.372 e. The molecule has 8 saturated carbocycles. The molecule has 0 aromatic rings. The number of unbranched alkanes of at least 4 members (excludes halogenated alkanes) is 3. The third-order valence-electron chi connectivity index (χ3n) is 35.5. The summed E-state index contributed by atoms with van der Waals surface area (Å²) in [5.74, 6) is 0. The number of likely N-dealkylation sites (N-methyl/N-ethyl adjacent to an activating group) is 9. The van der Waals surface area contributed by atoms with Gasteiger partial charge in [-0.1, -0.05) is 217 Å². The van der Waals surface area contributed by atoms with Crippen LogP contribution in [0.25, 0.3) is 0 Å². The minimum Gasteiger partial charge on any atom is -0.372 e. The van der Waals surface area contributed by atoms with E-state index in [0.717, 1.165) is 81.5 Å². The Morgan fingerprint density at radius 3 is 0.434 bits per heavy atom. The van der Waals surface area contributed by atoms with E-state index in [4.69, 9.17) is 42.6 Å². The molecule has 0 N–H and O–H groups in total. The molecule has 0 aliphatic heterocycles. The topological polar surface area (TPSA) is 83.1 Å². The van der Waals surface area contributed by atoms with E-state index in [1.807, 2.05) is 0 Å². The molecular weight excluding hydrogens is 1800 g/mol. The van der Waals surface area contributed by atoms with Crippen molar-refractivity contribution < 1.29 is 83.0 Å². The summed E-state index contributed by atoms with van der Waals surface area (Å²) in [7, 11) is 13.3. The Hall–Kier alpha value is -0.720. The van der Waals surface area contributed by atoms with Crippen molar-refractivity contribution in [3.8, 4) is 0 Å². The number of quaternary nitrogens is 9. The van der Waals surface area contributed by atoms with E-state index in [2.05, 4.69) is 208 Å². The van der Waals surface area contributed by atoms with Gasteiger partial charge in [0.1, 0.15) is 58.9 Å². The first kappa shape index (κ1) is 144. The van der Waals surface area contributed by atoms with Gasteiger partial charge in [-0.05, 0) is 264 Å². The number of rotatable bonds is 69. The summed E-state index contributed by atoms with van der Waals surface area (Å²) in [5, 5.41) is 0. The number of nitrogens with zero attached hydrogens (tertiary/aromatic N) is 9. The van der Waals surface area contributed by atoms with Crippen LogP contribution in [0, 0.1) is 0 Å². The fourth-order valence-corrected chi connectivity index (χ4v) is 24.3. The highest BCUT2D eigenvalue weighted by Crippen LogP contribution is 2.30. The van der Waals surface area contributed by atoms with Crippen molar-refractivity contribution in [2.24, 2.45) is 0 Å². The number of hydrogen-bond acceptors (Lipinski definition) is 9. The SMILES string of the molecule is CCCC[N+](CC)(CCC)CCOC(C)(C)C.CCCC[N+](CC)(CCC)CCOC1CCCC1.CCCC[N+](CC)(CCC)CCOC1CCCCC1.CCC[N+](CC)(CCC)CCOC1CCCC1.CCC[N+](CC)(CCC)CCOC1CCCCC1.CC[N+](CC)(CC)CCOC1CCCC1.CC[N+](CC)(CC)CCOC1CCCCC1.C[N+](C)(C)CCOC1CCCC1.C[N+](C)(C)CCOC1CCCCC1. The van der Waals surface area contributed by atoms with E-state index < -0.39 is 0 Å². The smallest absolute Gasteiger partial charge is 0.102 e. The predicted octanol–water partition coefficient (Wildman–Crippen LogP) is 29.5. The summed E-state index contributed by atoms with van der Waals surface area (Å²) in [5.41, 5.74) is 0.000369. The summed E-state index contributed by atoms with van der Waals surface area (Å²) in [6.07, 6.45) is 70.0. The molecule has 145 heavy (non-hydrogen) atoms. The molecular formula is C127H274N9O9+9. The van der Waals surface area contributed by atoms with Crippen LogP contribution in [-0.4, -0.2) is 393 Å². The van der Waals surface area contributed by atoms with Gasteiger partial charge in [0.15, 0.2) is 0 Å². The lowest BCUT2D eigenvalue weighted by Crippen LogP contribution is -2.51. The molecule has 0 radical (unpaired) electrons. The van der Waals surface area contributed by atoms with Crippen LogP contribution >= 0.6 is 0 Å². The van der Waals surface area contributed by atoms with Crippen molar-refractivity contribution in [1.29, 1.82) is 0 Å². The maximum atomic E-state index is 6.15. The third-order valence-corrected chi connectivity index (χ3v) is 35.5. The molecule has 8 aliphatic rings. The van der Waals surface area contributed by atoms with E-state index in [-0.39, 0.29) is 5.60 Å². The lowest BCUT2D eigenvalue weighted by molar-refractivity contribution is -0.927. The van der Waals surface area contributed by atoms with Gasteiger partial charge in [-0.25, -0.2) is 0 Å². The fraction of sp³-hybridized carbons (Fsp3) is 1.00. The Morgan fingerprint density at radius 1 is 0.159 bits per heavy atom. The molecule has 0 spiro atoms.